The number of aromatic nitrogens is 1. The van der Waals surface area contributed by atoms with Crippen molar-refractivity contribution < 1.29 is 13.2 Å². The molecule has 1 heterocycles. The predicted molar refractivity (Wildman–Crippen MR) is 59.7 cm³/mol. The van der Waals surface area contributed by atoms with Crippen LogP contribution in [0.1, 0.15) is 31.7 Å². The van der Waals surface area contributed by atoms with Crippen LogP contribution in [0, 0.1) is 5.92 Å². The highest BCUT2D eigenvalue weighted by atomic mass is 19.4. The van der Waals surface area contributed by atoms with Gasteiger partial charge in [0.15, 0.2) is 0 Å². The van der Waals surface area contributed by atoms with E-state index in [0.717, 1.165) is 25.0 Å². The first-order valence-electron chi connectivity index (χ1n) is 5.76. The van der Waals surface area contributed by atoms with Crippen LogP contribution in [-0.2, 0) is 6.18 Å². The van der Waals surface area contributed by atoms with E-state index >= 15 is 0 Å². The van der Waals surface area contributed by atoms with Crippen LogP contribution in [0.25, 0.3) is 0 Å². The van der Waals surface area contributed by atoms with E-state index in [9.17, 15) is 13.2 Å². The number of rotatable bonds is 3. The van der Waals surface area contributed by atoms with Crippen LogP contribution in [0.3, 0.4) is 0 Å². The lowest BCUT2D eigenvalue weighted by molar-refractivity contribution is -0.137. The highest BCUT2D eigenvalue weighted by Gasteiger charge is 2.31. The topological polar surface area (TPSA) is 24.9 Å². The smallest absolute Gasteiger partial charge is 0.367 e. The zero-order chi connectivity index (χ0) is 12.5. The lowest BCUT2D eigenvalue weighted by Crippen LogP contribution is -2.31. The number of hydrogen-bond acceptors (Lipinski definition) is 2. The van der Waals surface area contributed by atoms with Gasteiger partial charge in [-0.2, -0.15) is 13.2 Å². The Hall–Kier alpha value is -1.26. The minimum absolute atomic E-state index is 0.180. The van der Waals surface area contributed by atoms with Gasteiger partial charge in [0.2, 0.25) is 0 Å². The summed E-state index contributed by atoms with van der Waals surface area (Å²) in [5.74, 6) is 0.866. The molecule has 0 spiro atoms. The summed E-state index contributed by atoms with van der Waals surface area (Å²) in [5, 5.41) is 3.05. The van der Waals surface area contributed by atoms with E-state index in [2.05, 4.69) is 10.3 Å². The first kappa shape index (κ1) is 12.2. The van der Waals surface area contributed by atoms with Crippen LogP contribution in [0.15, 0.2) is 18.3 Å². The summed E-state index contributed by atoms with van der Waals surface area (Å²) in [6.07, 6.45) is 0.394. The third-order valence-corrected chi connectivity index (χ3v) is 3.32. The molecule has 94 valence electrons. The number of nitrogens with one attached hydrogen (secondary N) is 1. The molecule has 5 heteroatoms. The average molecular weight is 244 g/mol. The molecule has 2 rings (SSSR count). The Kier molecular flexibility index (Phi) is 3.26. The molecule has 0 amide bonds. The zero-order valence-electron chi connectivity index (χ0n) is 9.59. The molecule has 1 saturated carbocycles. The number of anilines is 1. The van der Waals surface area contributed by atoms with Crippen molar-refractivity contribution in [3.63, 3.8) is 0 Å². The van der Waals surface area contributed by atoms with Crippen LogP contribution in [-0.4, -0.2) is 11.0 Å². The van der Waals surface area contributed by atoms with Crippen molar-refractivity contribution in [2.45, 2.75) is 38.4 Å². The minimum Gasteiger partial charge on any atom is -0.367 e. The van der Waals surface area contributed by atoms with Crippen molar-refractivity contribution in [3.8, 4) is 0 Å². The second-order valence-corrected chi connectivity index (χ2v) is 4.55. The number of nitrogens with zero attached hydrogens (tertiary/aromatic N) is 1. The summed E-state index contributed by atoms with van der Waals surface area (Å²) in [5.41, 5.74) is -0.657. The molecule has 1 atom stereocenters. The van der Waals surface area contributed by atoms with E-state index in [-0.39, 0.29) is 6.04 Å². The third kappa shape index (κ3) is 2.90. The summed E-state index contributed by atoms with van der Waals surface area (Å²) >= 11 is 0. The van der Waals surface area contributed by atoms with E-state index < -0.39 is 11.7 Å². The summed E-state index contributed by atoms with van der Waals surface area (Å²) in [6, 6.07) is 2.23. The van der Waals surface area contributed by atoms with Gasteiger partial charge in [-0.3, -0.25) is 0 Å². The van der Waals surface area contributed by atoms with Gasteiger partial charge in [0.05, 0.1) is 5.56 Å². The quantitative estimate of drug-likeness (QED) is 0.876. The Bertz CT molecular complexity index is 386. The van der Waals surface area contributed by atoms with Crippen molar-refractivity contribution in [2.75, 3.05) is 5.32 Å². The molecule has 1 N–H and O–H groups in total. The zero-order valence-corrected chi connectivity index (χ0v) is 9.59. The Labute approximate surface area is 98.2 Å². The van der Waals surface area contributed by atoms with Gasteiger partial charge in [0.1, 0.15) is 5.82 Å². The van der Waals surface area contributed by atoms with Gasteiger partial charge in [-0.25, -0.2) is 4.98 Å². The van der Waals surface area contributed by atoms with Crippen molar-refractivity contribution in [3.05, 3.63) is 23.9 Å². The standard InChI is InChI=1S/C12H15F3N2/c1-8(9-3-2-4-9)17-11-7-10(5-6-16-11)12(13,14)15/h5-9H,2-4H2,1H3,(H,16,17). The molecule has 0 aromatic carbocycles. The summed E-state index contributed by atoms with van der Waals surface area (Å²) < 4.78 is 37.5. The summed E-state index contributed by atoms with van der Waals surface area (Å²) in [6.45, 7) is 1.99. The molecule has 1 aliphatic carbocycles. The Morgan fingerprint density at radius 1 is 1.41 bits per heavy atom. The Morgan fingerprint density at radius 3 is 2.65 bits per heavy atom. The van der Waals surface area contributed by atoms with Crippen LogP contribution >= 0.6 is 0 Å². The maximum Gasteiger partial charge on any atom is 0.416 e. The number of halogens is 3. The number of hydrogen-bond donors (Lipinski definition) is 1. The molecule has 0 bridgehead atoms. The normalized spacial score (nSPS) is 18.6. The van der Waals surface area contributed by atoms with Gasteiger partial charge in [-0.15, -0.1) is 0 Å². The predicted octanol–water partition coefficient (Wildman–Crippen LogP) is 3.70. The second kappa shape index (κ2) is 4.55. The molecular formula is C12H15F3N2. The molecule has 1 aliphatic rings. The van der Waals surface area contributed by atoms with Gasteiger partial charge in [0.25, 0.3) is 0 Å². The molecule has 1 aromatic heterocycles. The Morgan fingerprint density at radius 2 is 2.12 bits per heavy atom. The number of pyridine rings is 1. The lowest BCUT2D eigenvalue weighted by atomic mass is 9.80. The first-order valence-corrected chi connectivity index (χ1v) is 5.76. The molecule has 0 radical (unpaired) electrons. The maximum absolute atomic E-state index is 12.5. The highest BCUT2D eigenvalue weighted by molar-refractivity contribution is 5.39. The molecular weight excluding hydrogens is 229 g/mol. The van der Waals surface area contributed by atoms with E-state index in [1.165, 1.54) is 12.6 Å². The molecule has 1 fully saturated rings. The molecule has 1 aromatic rings. The lowest BCUT2D eigenvalue weighted by Gasteiger charge is -2.32. The van der Waals surface area contributed by atoms with Gasteiger partial charge < -0.3 is 5.32 Å². The molecule has 1 unspecified atom stereocenters. The average Bonchev–Trinajstić information content (AvgIpc) is 2.13. The summed E-state index contributed by atoms with van der Waals surface area (Å²) in [7, 11) is 0. The van der Waals surface area contributed by atoms with Gasteiger partial charge >= 0.3 is 6.18 Å². The van der Waals surface area contributed by atoms with Crippen LogP contribution in [0.2, 0.25) is 0 Å². The molecule has 0 saturated heterocycles. The van der Waals surface area contributed by atoms with Crippen LogP contribution in [0.5, 0.6) is 0 Å². The molecule has 2 nitrogen and oxygen atoms in total. The third-order valence-electron chi connectivity index (χ3n) is 3.32. The van der Waals surface area contributed by atoms with Crippen LogP contribution in [0.4, 0.5) is 19.0 Å². The fourth-order valence-corrected chi connectivity index (χ4v) is 1.98. The Balaban J connectivity index is 2.05. The minimum atomic E-state index is -4.31. The second-order valence-electron chi connectivity index (χ2n) is 4.55. The van der Waals surface area contributed by atoms with E-state index in [1.54, 1.807) is 0 Å². The van der Waals surface area contributed by atoms with Gasteiger partial charge in [-0.1, -0.05) is 6.42 Å². The van der Waals surface area contributed by atoms with Crippen molar-refractivity contribution in [2.24, 2.45) is 5.92 Å². The first-order chi connectivity index (χ1) is 7.97. The fourth-order valence-electron chi connectivity index (χ4n) is 1.98. The SMILES string of the molecule is CC(Nc1cc(C(F)(F)F)ccn1)C1CCC1. The summed E-state index contributed by atoms with van der Waals surface area (Å²) in [4.78, 5) is 3.92. The van der Waals surface area contributed by atoms with Gasteiger partial charge in [-0.05, 0) is 37.8 Å². The number of alkyl halides is 3. The van der Waals surface area contributed by atoms with Crippen LogP contribution < -0.4 is 5.32 Å². The van der Waals surface area contributed by atoms with E-state index in [1.807, 2.05) is 6.92 Å². The van der Waals surface area contributed by atoms with E-state index in [4.69, 9.17) is 0 Å². The van der Waals surface area contributed by atoms with E-state index in [0.29, 0.717) is 11.7 Å². The van der Waals surface area contributed by atoms with Crippen molar-refractivity contribution in [1.29, 1.82) is 0 Å². The molecule has 0 aliphatic heterocycles. The monoisotopic (exact) mass is 244 g/mol. The van der Waals surface area contributed by atoms with Crippen molar-refractivity contribution in [1.82, 2.24) is 4.98 Å². The fraction of sp³-hybridized carbons (Fsp3) is 0.583. The maximum atomic E-state index is 12.5. The molecule has 17 heavy (non-hydrogen) atoms. The largest absolute Gasteiger partial charge is 0.416 e. The highest BCUT2D eigenvalue weighted by Crippen LogP contribution is 2.32. The van der Waals surface area contributed by atoms with Crippen molar-refractivity contribution >= 4 is 5.82 Å². The van der Waals surface area contributed by atoms with Gasteiger partial charge in [0, 0.05) is 12.2 Å².